The van der Waals surface area contributed by atoms with Gasteiger partial charge in [-0.25, -0.2) is 0 Å². The number of carboxylic acids is 2. The van der Waals surface area contributed by atoms with Crippen LogP contribution in [0.5, 0.6) is 0 Å². The van der Waals surface area contributed by atoms with Gasteiger partial charge >= 0.3 is 59.1 Å². The van der Waals surface area contributed by atoms with E-state index in [4.69, 9.17) is 0 Å². The molecule has 4 aliphatic rings. The van der Waals surface area contributed by atoms with Crippen LogP contribution in [0.25, 0.3) is 0 Å². The van der Waals surface area contributed by atoms with E-state index >= 15 is 0 Å². The monoisotopic (exact) mass is 534 g/mol. The number of aliphatic carboxylic acids is 2. The number of carbonyl (C=O) groups is 4. The second kappa shape index (κ2) is 11.9. The fourth-order valence-corrected chi connectivity index (χ4v) is 7.30. The van der Waals surface area contributed by atoms with Gasteiger partial charge in [0.2, 0.25) is 0 Å². The van der Waals surface area contributed by atoms with Crippen molar-refractivity contribution in [2.45, 2.75) is 64.6 Å². The molecule has 9 nitrogen and oxygen atoms in total. The smallest absolute Gasteiger partial charge is 0.550 e. The Balaban J connectivity index is 0.00000228. The Morgan fingerprint density at radius 3 is 2.38 bits per heavy atom. The van der Waals surface area contributed by atoms with Gasteiger partial charge in [0.1, 0.15) is 11.7 Å². The number of allylic oxidation sites excluding steroid dienone is 6. The molecule has 11 heteroatoms. The third-order valence-electron chi connectivity index (χ3n) is 9.24. The van der Waals surface area contributed by atoms with Gasteiger partial charge in [-0.2, -0.15) is 0 Å². The van der Waals surface area contributed by atoms with E-state index < -0.39 is 58.5 Å². The first-order valence-corrected chi connectivity index (χ1v) is 11.8. The number of carboxylic acid groups (broad SMARTS) is 2. The molecule has 0 heterocycles. The van der Waals surface area contributed by atoms with Gasteiger partial charge in [-0.3, -0.25) is 9.59 Å². The summed E-state index contributed by atoms with van der Waals surface area (Å²) >= 11 is 0. The topological polar surface area (TPSA) is 186 Å². The Hall–Kier alpha value is -0.620. The Morgan fingerprint density at radius 2 is 1.81 bits per heavy atom. The number of fused-ring (bicyclic) bond motifs is 5. The zero-order valence-electron chi connectivity index (χ0n) is 22.1. The fraction of sp³-hybridized carbons (Fsp3) is 0.615. The van der Waals surface area contributed by atoms with Crippen molar-refractivity contribution >= 4 is 23.5 Å². The van der Waals surface area contributed by atoms with Crippen LogP contribution in [-0.2, 0) is 19.2 Å². The molecule has 0 saturated heterocycles. The average molecular weight is 535 g/mol. The third kappa shape index (κ3) is 5.16. The van der Waals surface area contributed by atoms with Crippen molar-refractivity contribution in [1.29, 1.82) is 0 Å². The molecular weight excluding hydrogens is 502 g/mol. The van der Waals surface area contributed by atoms with Crippen LogP contribution in [0, 0.1) is 34.5 Å². The first kappa shape index (κ1) is 34.4. The molecule has 192 valence electrons. The number of Topliss-reactive ketones (excluding diaryl/α,β-unsaturated/α-hetero) is 1. The number of ketones is 2. The Kier molecular flexibility index (Phi) is 11.0. The molecule has 4 unspecified atom stereocenters. The summed E-state index contributed by atoms with van der Waals surface area (Å²) < 4.78 is 0. The van der Waals surface area contributed by atoms with Crippen molar-refractivity contribution in [2.75, 3.05) is 0 Å². The summed E-state index contributed by atoms with van der Waals surface area (Å²) in [6.07, 6.45) is 6.16. The molecule has 4 N–H and O–H groups in total. The minimum Gasteiger partial charge on any atom is -0.550 e. The minimum atomic E-state index is -2.23. The minimum absolute atomic E-state index is 0. The predicted molar refractivity (Wildman–Crippen MR) is 119 cm³/mol. The summed E-state index contributed by atoms with van der Waals surface area (Å²) in [5.74, 6) is -7.41. The van der Waals surface area contributed by atoms with Gasteiger partial charge in [-0.15, -0.1) is 0 Å². The number of aliphatic hydroxyl groups is 2. The summed E-state index contributed by atoms with van der Waals surface area (Å²) in [7, 11) is 0. The first-order valence-electron chi connectivity index (χ1n) is 11.8. The normalized spacial score (nSPS) is 37.0. The van der Waals surface area contributed by atoms with Crippen molar-refractivity contribution in [2.24, 2.45) is 34.5 Å². The quantitative estimate of drug-likeness (QED) is 0.248. The van der Waals surface area contributed by atoms with E-state index in [9.17, 15) is 39.6 Å². The van der Waals surface area contributed by atoms with Crippen LogP contribution in [-0.4, -0.2) is 50.9 Å². The van der Waals surface area contributed by atoms with E-state index in [1.54, 1.807) is 26.0 Å². The van der Waals surface area contributed by atoms with Gasteiger partial charge in [0.15, 0.2) is 11.6 Å². The van der Waals surface area contributed by atoms with Crippen molar-refractivity contribution in [1.82, 2.24) is 0 Å². The van der Waals surface area contributed by atoms with Crippen LogP contribution in [0.2, 0.25) is 0 Å². The molecule has 0 aromatic carbocycles. The van der Waals surface area contributed by atoms with E-state index in [1.807, 2.05) is 12.2 Å². The molecule has 0 amide bonds. The van der Waals surface area contributed by atoms with Crippen molar-refractivity contribution < 1.29 is 104 Å². The van der Waals surface area contributed by atoms with E-state index in [-0.39, 0.29) is 82.2 Å². The zero-order chi connectivity index (χ0) is 25.2. The molecule has 0 aliphatic heterocycles. The number of aliphatic hydroxyl groups excluding tert-OH is 1. The Bertz CT molecular complexity index is 1070. The number of carbonyl (C=O) groups excluding carboxylic acids is 4. The van der Waals surface area contributed by atoms with Crippen LogP contribution in [0.15, 0.2) is 35.5 Å². The van der Waals surface area contributed by atoms with E-state index in [1.165, 1.54) is 0 Å². The maximum absolute atomic E-state index is 13.5. The molecule has 4 rings (SSSR count). The van der Waals surface area contributed by atoms with Crippen LogP contribution in [0.4, 0.5) is 0 Å². The van der Waals surface area contributed by atoms with Crippen LogP contribution in [0.3, 0.4) is 0 Å². The van der Waals surface area contributed by atoms with Gasteiger partial charge in [-0.05, 0) is 68.9 Å². The van der Waals surface area contributed by atoms with E-state index in [0.29, 0.717) is 19.3 Å². The third-order valence-corrected chi connectivity index (χ3v) is 9.24. The maximum atomic E-state index is 13.5. The van der Waals surface area contributed by atoms with Crippen molar-refractivity contribution in [3.63, 3.8) is 0 Å². The van der Waals surface area contributed by atoms with Crippen molar-refractivity contribution in [3.05, 3.63) is 35.5 Å². The Morgan fingerprint density at radius 1 is 1.19 bits per heavy atom. The summed E-state index contributed by atoms with van der Waals surface area (Å²) in [6.45, 7) is 5.57. The van der Waals surface area contributed by atoms with Gasteiger partial charge in [0.25, 0.3) is 0 Å². The van der Waals surface area contributed by atoms with Gasteiger partial charge in [0.05, 0.1) is 0 Å². The molecule has 4 aliphatic carbocycles. The van der Waals surface area contributed by atoms with Crippen LogP contribution in [0.1, 0.15) is 52.9 Å². The predicted octanol–water partition coefficient (Wildman–Crippen LogP) is -7.19. The molecule has 37 heavy (non-hydrogen) atoms. The molecule has 0 aromatic rings. The molecule has 0 aromatic heterocycles. The number of hydrogen-bond acceptors (Lipinski definition) is 8. The van der Waals surface area contributed by atoms with Gasteiger partial charge < -0.3 is 35.5 Å². The van der Waals surface area contributed by atoms with Gasteiger partial charge in [0, 0.05) is 28.7 Å². The zero-order valence-corrected chi connectivity index (χ0v) is 26.1. The van der Waals surface area contributed by atoms with Crippen LogP contribution < -0.4 is 69.3 Å². The first-order chi connectivity index (χ1) is 15.8. The molecule has 0 bridgehead atoms. The van der Waals surface area contributed by atoms with E-state index in [0.717, 1.165) is 17.6 Å². The molecule has 8 atom stereocenters. The standard InChI is InChI=1S/C26H32O8.2Na.H2O/c1-13-10-19-16-5-4-14-11-15(27)6-8-24(14,2)18(16)7-9-25(19,3)26(13,34)22(31)21(30)17(23(32)33)12-20(28)29;;;/h6-8,11,13,16-17,19,21,30,34H,4-5,9-10,12H2,1-3H3,(H,28,29)(H,32,33);;;1H2/q;2*+1;/p-2/t13-,16?,17?,19?,21?,24+,25+,26+;;;/m1.../s1. The summed E-state index contributed by atoms with van der Waals surface area (Å²) in [4.78, 5) is 47.9. The molecular formula is C26H32Na2O9. The molecule has 0 spiro atoms. The molecule has 2 fully saturated rings. The number of rotatable bonds is 6. The fourth-order valence-electron chi connectivity index (χ4n) is 7.30. The Labute approximate surface area is 260 Å². The summed E-state index contributed by atoms with van der Waals surface area (Å²) in [5, 5.41) is 44.9. The largest absolute Gasteiger partial charge is 1.00 e. The summed E-state index contributed by atoms with van der Waals surface area (Å²) in [5.41, 5.74) is -1.22. The second-order valence-corrected chi connectivity index (χ2v) is 10.9. The maximum Gasteiger partial charge on any atom is 1.00 e. The second-order valence-electron chi connectivity index (χ2n) is 10.9. The van der Waals surface area contributed by atoms with Gasteiger partial charge in [-0.1, -0.05) is 37.1 Å². The average Bonchev–Trinajstić information content (AvgIpc) is 2.98. The summed E-state index contributed by atoms with van der Waals surface area (Å²) in [6, 6.07) is 0. The van der Waals surface area contributed by atoms with Crippen LogP contribution >= 0.6 is 0 Å². The van der Waals surface area contributed by atoms with Crippen molar-refractivity contribution in [3.8, 4) is 0 Å². The molecule has 0 radical (unpaired) electrons. The SMILES string of the molecule is C[C@@H]1CC2C3CCC4=CC(=O)C=C[C@]4(C)C3=CC[C@]2(C)[C@@]1(O)C(=O)C(O)C(CC(=O)[O-])C(=O)[O-].O.[Na+].[Na+]. The molecule has 2 saturated carbocycles. The van der Waals surface area contributed by atoms with E-state index in [2.05, 4.69) is 6.92 Å². The number of hydrogen-bond donors (Lipinski definition) is 2.